The highest BCUT2D eigenvalue weighted by Crippen LogP contribution is 2.22. The average Bonchev–Trinajstić information content (AvgIpc) is 2.19. The van der Waals surface area contributed by atoms with Crippen LogP contribution in [0.5, 0.6) is 5.75 Å². The first-order chi connectivity index (χ1) is 8.19. The summed E-state index contributed by atoms with van der Waals surface area (Å²) in [5.41, 5.74) is 0.765. The van der Waals surface area contributed by atoms with Gasteiger partial charge in [0.2, 0.25) is 10.0 Å². The van der Waals surface area contributed by atoms with Gasteiger partial charge in [-0.25, -0.2) is 8.42 Å². The van der Waals surface area contributed by atoms with Crippen LogP contribution < -0.4 is 9.46 Å². The van der Waals surface area contributed by atoms with Crippen LogP contribution in [0.15, 0.2) is 18.2 Å². The van der Waals surface area contributed by atoms with Gasteiger partial charge in [-0.2, -0.15) is 0 Å². The van der Waals surface area contributed by atoms with Crippen molar-refractivity contribution in [2.75, 3.05) is 6.26 Å². The van der Waals surface area contributed by atoms with E-state index in [1.54, 1.807) is 25.1 Å². The Morgan fingerprint density at radius 3 is 2.56 bits per heavy atom. The van der Waals surface area contributed by atoms with E-state index in [1.807, 2.05) is 4.72 Å². The predicted molar refractivity (Wildman–Crippen MR) is 69.3 cm³/mol. The molecule has 1 amide bonds. The van der Waals surface area contributed by atoms with Crippen LogP contribution >= 0.6 is 11.6 Å². The second-order valence-corrected chi connectivity index (χ2v) is 6.09. The van der Waals surface area contributed by atoms with Crippen LogP contribution in [0.1, 0.15) is 12.5 Å². The molecule has 1 aromatic rings. The molecule has 0 aliphatic rings. The summed E-state index contributed by atoms with van der Waals surface area (Å²) in [6.07, 6.45) is -0.00914. The second kappa shape index (κ2) is 5.58. The van der Waals surface area contributed by atoms with Gasteiger partial charge in [0.15, 0.2) is 6.10 Å². The number of nitrogens with one attached hydrogen (secondary N) is 1. The quantitative estimate of drug-likeness (QED) is 0.912. The average molecular weight is 292 g/mol. The van der Waals surface area contributed by atoms with Crippen LogP contribution in [0.4, 0.5) is 0 Å². The molecule has 0 heterocycles. The molecule has 5 nitrogen and oxygen atoms in total. The van der Waals surface area contributed by atoms with Gasteiger partial charge in [0.25, 0.3) is 5.91 Å². The molecule has 0 spiro atoms. The Hall–Kier alpha value is -1.27. The van der Waals surface area contributed by atoms with Gasteiger partial charge in [-0.1, -0.05) is 11.6 Å². The van der Waals surface area contributed by atoms with Gasteiger partial charge in [-0.3, -0.25) is 9.52 Å². The summed E-state index contributed by atoms with van der Waals surface area (Å²) in [6, 6.07) is 4.95. The van der Waals surface area contributed by atoms with E-state index in [0.717, 1.165) is 11.8 Å². The zero-order chi connectivity index (χ0) is 13.9. The maximum atomic E-state index is 11.5. The highest BCUT2D eigenvalue weighted by atomic mass is 35.5. The van der Waals surface area contributed by atoms with Crippen molar-refractivity contribution in [2.45, 2.75) is 20.0 Å². The van der Waals surface area contributed by atoms with Gasteiger partial charge in [-0.05, 0) is 37.6 Å². The molecule has 0 saturated heterocycles. The second-order valence-electron chi connectivity index (χ2n) is 3.91. The van der Waals surface area contributed by atoms with Crippen LogP contribution in [-0.2, 0) is 14.8 Å². The van der Waals surface area contributed by atoms with Crippen molar-refractivity contribution >= 4 is 27.5 Å². The molecule has 0 aliphatic heterocycles. The topological polar surface area (TPSA) is 72.5 Å². The fourth-order valence-corrected chi connectivity index (χ4v) is 2.01. The molecule has 7 heteroatoms. The molecule has 0 aliphatic carbocycles. The minimum atomic E-state index is -3.58. The predicted octanol–water partition coefficient (Wildman–Crippen LogP) is 1.49. The molecule has 1 rings (SSSR count). The van der Waals surface area contributed by atoms with Crippen LogP contribution in [0, 0.1) is 6.92 Å². The van der Waals surface area contributed by atoms with E-state index in [0.29, 0.717) is 10.8 Å². The third-order valence-corrected chi connectivity index (χ3v) is 2.90. The van der Waals surface area contributed by atoms with E-state index in [2.05, 4.69) is 0 Å². The number of benzene rings is 1. The summed E-state index contributed by atoms with van der Waals surface area (Å²) in [4.78, 5) is 11.5. The highest BCUT2D eigenvalue weighted by molar-refractivity contribution is 7.89. The van der Waals surface area contributed by atoms with E-state index in [4.69, 9.17) is 16.3 Å². The zero-order valence-corrected chi connectivity index (χ0v) is 11.8. The largest absolute Gasteiger partial charge is 0.481 e. The maximum Gasteiger partial charge on any atom is 0.274 e. The molecule has 0 aromatic heterocycles. The smallest absolute Gasteiger partial charge is 0.274 e. The number of aryl methyl sites for hydroxylation is 1. The summed E-state index contributed by atoms with van der Waals surface area (Å²) >= 11 is 5.79. The molecule has 0 saturated carbocycles. The van der Waals surface area contributed by atoms with Gasteiger partial charge in [0, 0.05) is 5.02 Å². The Bertz CT molecular complexity index is 556. The molecule has 1 N–H and O–H groups in total. The van der Waals surface area contributed by atoms with E-state index in [1.165, 1.54) is 6.92 Å². The molecule has 1 atom stereocenters. The minimum Gasteiger partial charge on any atom is -0.481 e. The maximum absolute atomic E-state index is 11.5. The number of ether oxygens (including phenoxy) is 1. The molecule has 0 fully saturated rings. The first-order valence-corrected chi connectivity index (χ1v) is 7.40. The third kappa shape index (κ3) is 4.54. The van der Waals surface area contributed by atoms with Crippen molar-refractivity contribution < 1.29 is 17.9 Å². The first kappa shape index (κ1) is 14.8. The highest BCUT2D eigenvalue weighted by Gasteiger charge is 2.18. The zero-order valence-electron chi connectivity index (χ0n) is 10.2. The Kier molecular flexibility index (Phi) is 4.59. The standard InChI is InChI=1S/C11H14ClNO4S/c1-7-6-9(12)4-5-10(7)17-8(2)11(14)13-18(3,15)16/h4-6,8H,1-3H3,(H,13,14)/t8-/m0/s1. The fraction of sp³-hybridized carbons (Fsp3) is 0.364. The summed E-state index contributed by atoms with van der Waals surface area (Å²) in [6.45, 7) is 3.25. The van der Waals surface area contributed by atoms with E-state index in [9.17, 15) is 13.2 Å². The number of rotatable bonds is 4. The summed E-state index contributed by atoms with van der Waals surface area (Å²) in [5.74, 6) is -0.234. The molecule has 1 aromatic carbocycles. The summed E-state index contributed by atoms with van der Waals surface area (Å²) in [7, 11) is -3.58. The van der Waals surface area contributed by atoms with Crippen molar-refractivity contribution in [1.29, 1.82) is 0 Å². The Morgan fingerprint density at radius 1 is 1.44 bits per heavy atom. The molecular weight excluding hydrogens is 278 g/mol. The Labute approximate surface area is 111 Å². The lowest BCUT2D eigenvalue weighted by atomic mass is 10.2. The SMILES string of the molecule is Cc1cc(Cl)ccc1O[C@@H](C)C(=O)NS(C)(=O)=O. The number of hydrogen-bond donors (Lipinski definition) is 1. The van der Waals surface area contributed by atoms with Gasteiger partial charge in [-0.15, -0.1) is 0 Å². The number of amides is 1. The number of carbonyl (C=O) groups is 1. The Morgan fingerprint density at radius 2 is 2.06 bits per heavy atom. The number of carbonyl (C=O) groups excluding carboxylic acids is 1. The molecule has 100 valence electrons. The molecule has 0 bridgehead atoms. The van der Waals surface area contributed by atoms with Gasteiger partial charge in [0.1, 0.15) is 5.75 Å². The van der Waals surface area contributed by atoms with Crippen LogP contribution in [-0.4, -0.2) is 26.7 Å². The molecule has 18 heavy (non-hydrogen) atoms. The monoisotopic (exact) mass is 291 g/mol. The van der Waals surface area contributed by atoms with Crippen molar-refractivity contribution in [3.63, 3.8) is 0 Å². The first-order valence-electron chi connectivity index (χ1n) is 5.13. The van der Waals surface area contributed by atoms with Gasteiger partial charge < -0.3 is 4.74 Å². The van der Waals surface area contributed by atoms with Crippen molar-refractivity contribution in [1.82, 2.24) is 4.72 Å². The third-order valence-electron chi connectivity index (χ3n) is 2.10. The van der Waals surface area contributed by atoms with E-state index in [-0.39, 0.29) is 0 Å². The molecule has 0 radical (unpaired) electrons. The lowest BCUT2D eigenvalue weighted by Crippen LogP contribution is -2.39. The number of sulfonamides is 1. The van der Waals surface area contributed by atoms with Crippen molar-refractivity contribution in [3.8, 4) is 5.75 Å². The van der Waals surface area contributed by atoms with Gasteiger partial charge >= 0.3 is 0 Å². The van der Waals surface area contributed by atoms with Crippen LogP contribution in [0.3, 0.4) is 0 Å². The summed E-state index contributed by atoms with van der Waals surface area (Å²) < 4.78 is 29.0. The van der Waals surface area contributed by atoms with Crippen LogP contribution in [0.2, 0.25) is 5.02 Å². The fourth-order valence-electron chi connectivity index (χ4n) is 1.25. The van der Waals surface area contributed by atoms with Crippen molar-refractivity contribution in [2.24, 2.45) is 0 Å². The van der Waals surface area contributed by atoms with E-state index < -0.39 is 22.0 Å². The normalized spacial score (nSPS) is 12.9. The molecular formula is C11H14ClNO4S. The van der Waals surface area contributed by atoms with Gasteiger partial charge in [0.05, 0.1) is 6.26 Å². The number of hydrogen-bond acceptors (Lipinski definition) is 4. The van der Waals surface area contributed by atoms with Crippen molar-refractivity contribution in [3.05, 3.63) is 28.8 Å². The summed E-state index contributed by atoms with van der Waals surface area (Å²) in [5, 5.41) is 0.563. The van der Waals surface area contributed by atoms with E-state index >= 15 is 0 Å². The molecule has 0 unspecified atom stereocenters. The van der Waals surface area contributed by atoms with Crippen LogP contribution in [0.25, 0.3) is 0 Å². The number of halogens is 1. The Balaban J connectivity index is 2.75. The lowest BCUT2D eigenvalue weighted by molar-refractivity contribution is -0.125. The minimum absolute atomic E-state index is 0.482. The lowest BCUT2D eigenvalue weighted by Gasteiger charge is -2.15.